The average Bonchev–Trinajstić information content (AvgIpc) is 2.17. The predicted octanol–water partition coefficient (Wildman–Crippen LogP) is 2.72. The molecule has 1 aromatic carbocycles. The van der Waals surface area contributed by atoms with E-state index in [1.165, 1.54) is 6.07 Å². The van der Waals surface area contributed by atoms with Crippen LogP contribution in [0.5, 0.6) is 5.75 Å². The minimum Gasteiger partial charge on any atom is -0.507 e. The first-order valence-corrected chi connectivity index (χ1v) is 6.75. The lowest BCUT2D eigenvalue weighted by molar-refractivity contribution is -0.0292. The molecule has 0 aromatic heterocycles. The second kappa shape index (κ2) is 3.95. The topological polar surface area (TPSA) is 49.3 Å². The molecule has 0 heterocycles. The largest absolute Gasteiger partial charge is 0.507 e. The maximum Gasteiger partial charge on any atom is 0.255 e. The van der Waals surface area contributed by atoms with Crippen LogP contribution >= 0.6 is 0 Å². The van der Waals surface area contributed by atoms with Crippen LogP contribution in [0.4, 0.5) is 4.39 Å². The van der Waals surface area contributed by atoms with Gasteiger partial charge < -0.3 is 10.4 Å². The van der Waals surface area contributed by atoms with E-state index in [0.29, 0.717) is 5.56 Å². The molecule has 2 N–H and O–H groups in total. The van der Waals surface area contributed by atoms with Gasteiger partial charge in [-0.2, -0.15) is 0 Å². The van der Waals surface area contributed by atoms with E-state index in [0.717, 1.165) is 31.2 Å². The standard InChI is InChI=1S/C15H18FNO2/c1-8(2)17-14(19)11-3-10(16)4-12(13(11)18)15-5-9(6-15)7-15/h3-4,8-9,18H,5-7H2,1-2H3,(H,17,19). The van der Waals surface area contributed by atoms with Crippen molar-refractivity contribution in [1.29, 1.82) is 0 Å². The second-order valence-electron chi connectivity index (χ2n) is 6.24. The molecule has 3 aliphatic carbocycles. The molecule has 1 amide bonds. The molecule has 0 radical (unpaired) electrons. The number of benzene rings is 1. The number of carbonyl (C=O) groups is 1. The third-order valence-electron chi connectivity index (χ3n) is 4.35. The summed E-state index contributed by atoms with van der Waals surface area (Å²) in [6.07, 6.45) is 3.03. The molecule has 0 unspecified atom stereocenters. The average molecular weight is 263 g/mol. The van der Waals surface area contributed by atoms with Gasteiger partial charge >= 0.3 is 0 Å². The van der Waals surface area contributed by atoms with Crippen molar-refractivity contribution in [2.45, 2.75) is 44.6 Å². The third-order valence-corrected chi connectivity index (χ3v) is 4.35. The number of hydrogen-bond acceptors (Lipinski definition) is 2. The lowest BCUT2D eigenvalue weighted by Crippen LogP contribution is -2.55. The summed E-state index contributed by atoms with van der Waals surface area (Å²) in [6, 6.07) is 2.45. The summed E-state index contributed by atoms with van der Waals surface area (Å²) in [5, 5.41) is 13.0. The molecule has 0 aliphatic heterocycles. The Morgan fingerprint density at radius 2 is 2.05 bits per heavy atom. The molecule has 3 saturated carbocycles. The molecule has 0 spiro atoms. The third kappa shape index (κ3) is 1.81. The molecule has 3 fully saturated rings. The maximum absolute atomic E-state index is 13.7. The van der Waals surface area contributed by atoms with Crippen LogP contribution in [0, 0.1) is 11.7 Å². The molecule has 19 heavy (non-hydrogen) atoms. The Bertz CT molecular complexity index is 536. The molecular formula is C15H18FNO2. The van der Waals surface area contributed by atoms with Gasteiger partial charge in [0, 0.05) is 11.6 Å². The first kappa shape index (κ1) is 12.5. The molecule has 3 nitrogen and oxygen atoms in total. The van der Waals surface area contributed by atoms with Gasteiger partial charge in [0.15, 0.2) is 0 Å². The number of carbonyl (C=O) groups excluding carboxylic acids is 1. The number of nitrogens with one attached hydrogen (secondary N) is 1. The van der Waals surface area contributed by atoms with E-state index in [9.17, 15) is 14.3 Å². The minimum atomic E-state index is -0.452. The molecular weight excluding hydrogens is 245 g/mol. The van der Waals surface area contributed by atoms with Crippen molar-refractivity contribution in [3.05, 3.63) is 29.1 Å². The van der Waals surface area contributed by atoms with E-state index in [2.05, 4.69) is 5.32 Å². The van der Waals surface area contributed by atoms with Gasteiger partial charge in [-0.05, 0) is 56.6 Å². The van der Waals surface area contributed by atoms with Gasteiger partial charge in [0.05, 0.1) is 5.56 Å². The highest BCUT2D eigenvalue weighted by Crippen LogP contribution is 2.66. The highest BCUT2D eigenvalue weighted by atomic mass is 19.1. The van der Waals surface area contributed by atoms with E-state index < -0.39 is 11.7 Å². The smallest absolute Gasteiger partial charge is 0.255 e. The lowest BCUT2D eigenvalue weighted by atomic mass is 9.42. The number of hydrogen-bond donors (Lipinski definition) is 2. The second-order valence-corrected chi connectivity index (χ2v) is 6.24. The summed E-state index contributed by atoms with van der Waals surface area (Å²) in [5.41, 5.74) is 0.598. The lowest BCUT2D eigenvalue weighted by Gasteiger charge is -2.62. The summed E-state index contributed by atoms with van der Waals surface area (Å²) in [7, 11) is 0. The van der Waals surface area contributed by atoms with Crippen LogP contribution in [0.3, 0.4) is 0 Å². The monoisotopic (exact) mass is 263 g/mol. The van der Waals surface area contributed by atoms with Crippen LogP contribution in [0.15, 0.2) is 12.1 Å². The normalized spacial score (nSPS) is 27.7. The van der Waals surface area contributed by atoms with Crippen LogP contribution in [0.25, 0.3) is 0 Å². The van der Waals surface area contributed by atoms with Gasteiger partial charge in [-0.25, -0.2) is 4.39 Å². The number of phenolic OH excluding ortho intramolecular Hbond substituents is 1. The molecule has 102 valence electrons. The van der Waals surface area contributed by atoms with Crippen LogP contribution in [0.1, 0.15) is 49.0 Å². The van der Waals surface area contributed by atoms with E-state index in [1.54, 1.807) is 0 Å². The number of aromatic hydroxyl groups is 1. The summed E-state index contributed by atoms with van der Waals surface area (Å²) in [6.45, 7) is 3.66. The first-order chi connectivity index (χ1) is 8.91. The molecule has 3 aliphatic rings. The van der Waals surface area contributed by atoms with Gasteiger partial charge in [-0.1, -0.05) is 0 Å². The Kier molecular flexibility index (Phi) is 2.59. The Morgan fingerprint density at radius 1 is 1.42 bits per heavy atom. The zero-order valence-electron chi connectivity index (χ0n) is 11.2. The van der Waals surface area contributed by atoms with Crippen LogP contribution in [-0.2, 0) is 5.41 Å². The van der Waals surface area contributed by atoms with Crippen molar-refractivity contribution in [1.82, 2.24) is 5.32 Å². The van der Waals surface area contributed by atoms with E-state index >= 15 is 0 Å². The highest BCUT2D eigenvalue weighted by Gasteiger charge is 2.58. The Labute approximate surface area is 111 Å². The molecule has 4 rings (SSSR count). The fourth-order valence-electron chi connectivity index (χ4n) is 3.32. The van der Waals surface area contributed by atoms with Crippen LogP contribution in [0.2, 0.25) is 0 Å². The number of halogens is 1. The summed E-state index contributed by atoms with van der Waals surface area (Å²) >= 11 is 0. The fraction of sp³-hybridized carbons (Fsp3) is 0.533. The SMILES string of the molecule is CC(C)NC(=O)c1cc(F)cc(C23CC(C2)C3)c1O. The molecule has 4 heteroatoms. The van der Waals surface area contributed by atoms with Gasteiger partial charge in [0.25, 0.3) is 5.91 Å². The van der Waals surface area contributed by atoms with Crippen molar-refractivity contribution < 1.29 is 14.3 Å². The van der Waals surface area contributed by atoms with Crippen molar-refractivity contribution in [2.24, 2.45) is 5.92 Å². The van der Waals surface area contributed by atoms with Gasteiger partial charge in [0.2, 0.25) is 0 Å². The zero-order chi connectivity index (χ0) is 13.8. The van der Waals surface area contributed by atoms with Gasteiger partial charge in [0.1, 0.15) is 11.6 Å². The summed E-state index contributed by atoms with van der Waals surface area (Å²) in [4.78, 5) is 12.0. The quantitative estimate of drug-likeness (QED) is 0.881. The Morgan fingerprint density at radius 3 is 2.53 bits per heavy atom. The fourth-order valence-corrected chi connectivity index (χ4v) is 3.32. The van der Waals surface area contributed by atoms with E-state index in [4.69, 9.17) is 0 Å². The Hall–Kier alpha value is -1.58. The molecule has 1 aromatic rings. The van der Waals surface area contributed by atoms with Crippen LogP contribution in [-0.4, -0.2) is 17.1 Å². The number of rotatable bonds is 3. The first-order valence-electron chi connectivity index (χ1n) is 6.75. The summed E-state index contributed by atoms with van der Waals surface area (Å²) in [5.74, 6) is -0.181. The van der Waals surface area contributed by atoms with Crippen molar-refractivity contribution in [3.63, 3.8) is 0 Å². The van der Waals surface area contributed by atoms with Crippen molar-refractivity contribution >= 4 is 5.91 Å². The Balaban J connectivity index is 1.98. The van der Waals surface area contributed by atoms with Crippen molar-refractivity contribution in [2.75, 3.05) is 0 Å². The molecule has 2 bridgehead atoms. The molecule has 0 atom stereocenters. The maximum atomic E-state index is 13.7. The van der Waals surface area contributed by atoms with Gasteiger partial charge in [-0.15, -0.1) is 0 Å². The van der Waals surface area contributed by atoms with Gasteiger partial charge in [-0.3, -0.25) is 4.79 Å². The predicted molar refractivity (Wildman–Crippen MR) is 69.7 cm³/mol. The number of amides is 1. The highest BCUT2D eigenvalue weighted by molar-refractivity contribution is 5.97. The minimum absolute atomic E-state index is 0.0438. The van der Waals surface area contributed by atoms with Crippen LogP contribution < -0.4 is 5.32 Å². The summed E-state index contributed by atoms with van der Waals surface area (Å²) < 4.78 is 13.7. The number of phenols is 1. The zero-order valence-corrected chi connectivity index (χ0v) is 11.2. The van der Waals surface area contributed by atoms with E-state index in [1.807, 2.05) is 13.8 Å². The van der Waals surface area contributed by atoms with E-state index in [-0.39, 0.29) is 22.8 Å². The molecule has 0 saturated heterocycles. The van der Waals surface area contributed by atoms with Crippen molar-refractivity contribution in [3.8, 4) is 5.75 Å².